The Balaban J connectivity index is 1.89. The molecule has 8 nitrogen and oxygen atoms in total. The van der Waals surface area contributed by atoms with Crippen LogP contribution in [0.4, 0.5) is 0 Å². The fourth-order valence-electron chi connectivity index (χ4n) is 2.72. The maximum Gasteiger partial charge on any atom is 0.307 e. The summed E-state index contributed by atoms with van der Waals surface area (Å²) in [4.78, 5) is 23.1. The van der Waals surface area contributed by atoms with Crippen LogP contribution in [-0.2, 0) is 22.6 Å². The van der Waals surface area contributed by atoms with Gasteiger partial charge in [-0.2, -0.15) is 0 Å². The van der Waals surface area contributed by atoms with Gasteiger partial charge >= 0.3 is 5.97 Å². The normalized spacial score (nSPS) is 12.6. The lowest BCUT2D eigenvalue weighted by Crippen LogP contribution is -2.43. The quantitative estimate of drug-likeness (QED) is 0.535. The van der Waals surface area contributed by atoms with Crippen molar-refractivity contribution in [3.8, 4) is 11.3 Å². The van der Waals surface area contributed by atoms with Crippen LogP contribution in [-0.4, -0.2) is 49.7 Å². The molecule has 0 aliphatic heterocycles. The topological polar surface area (TPSA) is 117 Å². The number of aliphatic hydroxyl groups excluding tert-OH is 1. The molecule has 28 heavy (non-hydrogen) atoms. The van der Waals surface area contributed by atoms with Crippen molar-refractivity contribution >= 4 is 11.9 Å². The number of nitrogens with zero attached hydrogens (tertiary/aromatic N) is 3. The van der Waals surface area contributed by atoms with E-state index in [2.05, 4.69) is 15.6 Å². The zero-order valence-corrected chi connectivity index (χ0v) is 16.6. The first-order valence-corrected chi connectivity index (χ1v) is 9.40. The average Bonchev–Trinajstić information content (AvgIpc) is 3.13. The molecule has 0 saturated carbocycles. The number of carboxylic acid groups (broad SMARTS) is 1. The van der Waals surface area contributed by atoms with Crippen molar-refractivity contribution in [2.24, 2.45) is 5.41 Å². The van der Waals surface area contributed by atoms with E-state index in [0.29, 0.717) is 37.2 Å². The van der Waals surface area contributed by atoms with Crippen LogP contribution in [0.3, 0.4) is 0 Å². The van der Waals surface area contributed by atoms with E-state index in [1.54, 1.807) is 23.0 Å². The Bertz CT molecular complexity index is 816. The van der Waals surface area contributed by atoms with Crippen LogP contribution in [0.25, 0.3) is 11.3 Å². The van der Waals surface area contributed by atoms with Crippen molar-refractivity contribution in [1.82, 2.24) is 20.3 Å². The Morgan fingerprint density at radius 2 is 2.00 bits per heavy atom. The second-order valence-corrected chi connectivity index (χ2v) is 7.48. The van der Waals surface area contributed by atoms with Crippen molar-refractivity contribution < 1.29 is 19.8 Å². The van der Waals surface area contributed by atoms with Gasteiger partial charge in [-0.05, 0) is 23.8 Å². The molecule has 2 rings (SSSR count). The van der Waals surface area contributed by atoms with Gasteiger partial charge in [-0.25, -0.2) is 0 Å². The number of benzene rings is 1. The van der Waals surface area contributed by atoms with Crippen LogP contribution in [0.1, 0.15) is 39.2 Å². The lowest BCUT2D eigenvalue weighted by atomic mass is 9.83. The molecule has 0 aliphatic rings. The van der Waals surface area contributed by atoms with Crippen molar-refractivity contribution in [3.63, 3.8) is 0 Å². The van der Waals surface area contributed by atoms with Crippen LogP contribution in [0, 0.1) is 5.41 Å². The number of aromatic nitrogens is 3. The minimum absolute atomic E-state index is 0.0779. The molecule has 2 aromatic rings. The van der Waals surface area contributed by atoms with Gasteiger partial charge in [-0.1, -0.05) is 50.3 Å². The van der Waals surface area contributed by atoms with E-state index in [0.717, 1.165) is 5.56 Å². The number of rotatable bonds is 10. The highest BCUT2D eigenvalue weighted by Gasteiger charge is 2.31. The minimum Gasteiger partial charge on any atom is -0.481 e. The van der Waals surface area contributed by atoms with E-state index in [1.165, 1.54) is 0 Å². The van der Waals surface area contributed by atoms with E-state index in [-0.39, 0.29) is 12.3 Å². The van der Waals surface area contributed by atoms with Crippen molar-refractivity contribution in [2.45, 2.75) is 52.7 Å². The summed E-state index contributed by atoms with van der Waals surface area (Å²) in [6.07, 6.45) is 1.97. The third-order valence-corrected chi connectivity index (χ3v) is 4.94. The number of carbonyl (C=O) groups is 2. The third-order valence-electron chi connectivity index (χ3n) is 4.94. The van der Waals surface area contributed by atoms with Gasteiger partial charge in [0.05, 0.1) is 12.6 Å². The number of aryl methyl sites for hydroxylation is 1. The van der Waals surface area contributed by atoms with Crippen LogP contribution in [0.5, 0.6) is 0 Å². The van der Waals surface area contributed by atoms with E-state index in [1.807, 2.05) is 32.9 Å². The molecule has 1 atom stereocenters. The highest BCUT2D eigenvalue weighted by atomic mass is 16.4. The van der Waals surface area contributed by atoms with Crippen LogP contribution in [0.15, 0.2) is 30.5 Å². The summed E-state index contributed by atoms with van der Waals surface area (Å²) in [7, 11) is 0. The second-order valence-electron chi connectivity index (χ2n) is 7.48. The molecule has 0 bridgehead atoms. The molecule has 1 heterocycles. The minimum atomic E-state index is -1.04. The van der Waals surface area contributed by atoms with Crippen LogP contribution >= 0.6 is 0 Å². The SMILES string of the molecule is CCC(C)(C)C(O)C(=O)NCCCn1cc(-c2ccccc2CC(=O)O)nn1. The molecule has 1 unspecified atom stereocenters. The standard InChI is InChI=1S/C20H28N4O4/c1-4-20(2,3)18(27)19(28)21-10-7-11-24-13-16(22-23-24)15-9-6-5-8-14(15)12-17(25)26/h5-6,8-9,13,18,27H,4,7,10-12H2,1-3H3,(H,21,28)(H,25,26). The van der Waals surface area contributed by atoms with Gasteiger partial charge in [-0.3, -0.25) is 14.3 Å². The molecule has 1 aromatic carbocycles. The van der Waals surface area contributed by atoms with Gasteiger partial charge in [0.25, 0.3) is 0 Å². The Morgan fingerprint density at radius 1 is 1.29 bits per heavy atom. The van der Waals surface area contributed by atoms with Crippen molar-refractivity contribution in [2.75, 3.05) is 6.54 Å². The molecule has 0 spiro atoms. The van der Waals surface area contributed by atoms with Crippen LogP contribution in [0.2, 0.25) is 0 Å². The second kappa shape index (κ2) is 9.45. The Morgan fingerprint density at radius 3 is 2.68 bits per heavy atom. The van der Waals surface area contributed by atoms with Gasteiger partial charge in [-0.15, -0.1) is 5.10 Å². The smallest absolute Gasteiger partial charge is 0.307 e. The molecule has 152 valence electrons. The molecule has 8 heteroatoms. The van der Waals surface area contributed by atoms with E-state index < -0.39 is 17.5 Å². The summed E-state index contributed by atoms with van der Waals surface area (Å²) in [5.74, 6) is -1.27. The summed E-state index contributed by atoms with van der Waals surface area (Å²) < 4.78 is 1.66. The summed E-state index contributed by atoms with van der Waals surface area (Å²) in [5.41, 5.74) is 1.58. The largest absolute Gasteiger partial charge is 0.481 e. The van der Waals surface area contributed by atoms with Crippen molar-refractivity contribution in [3.05, 3.63) is 36.0 Å². The Kier molecular flexibility index (Phi) is 7.28. The van der Waals surface area contributed by atoms with E-state index in [9.17, 15) is 14.7 Å². The summed E-state index contributed by atoms with van der Waals surface area (Å²) in [6.45, 7) is 6.61. The summed E-state index contributed by atoms with van der Waals surface area (Å²) in [6, 6.07) is 7.21. The highest BCUT2D eigenvalue weighted by molar-refractivity contribution is 5.81. The summed E-state index contributed by atoms with van der Waals surface area (Å²) in [5, 5.41) is 30.1. The van der Waals surface area contributed by atoms with Gasteiger partial charge in [0.1, 0.15) is 11.8 Å². The number of aliphatic carboxylic acids is 1. The first-order chi connectivity index (χ1) is 13.2. The van der Waals surface area contributed by atoms with Gasteiger partial charge in [0.15, 0.2) is 0 Å². The monoisotopic (exact) mass is 388 g/mol. The molecule has 1 aromatic heterocycles. The zero-order chi connectivity index (χ0) is 20.7. The number of nitrogens with one attached hydrogen (secondary N) is 1. The molecule has 0 aliphatic carbocycles. The van der Waals surface area contributed by atoms with E-state index in [4.69, 9.17) is 5.11 Å². The molecular formula is C20H28N4O4. The predicted octanol–water partition coefficient (Wildman–Crippen LogP) is 1.88. The van der Waals surface area contributed by atoms with Gasteiger partial charge < -0.3 is 15.5 Å². The summed E-state index contributed by atoms with van der Waals surface area (Å²) >= 11 is 0. The lowest BCUT2D eigenvalue weighted by molar-refractivity contribution is -0.136. The number of hydrogen-bond acceptors (Lipinski definition) is 5. The fraction of sp³-hybridized carbons (Fsp3) is 0.500. The van der Waals surface area contributed by atoms with E-state index >= 15 is 0 Å². The first-order valence-electron chi connectivity index (χ1n) is 9.40. The highest BCUT2D eigenvalue weighted by Crippen LogP contribution is 2.25. The molecule has 3 N–H and O–H groups in total. The Labute approximate surface area is 164 Å². The molecular weight excluding hydrogens is 360 g/mol. The third kappa shape index (κ3) is 5.63. The van der Waals surface area contributed by atoms with Crippen LogP contribution < -0.4 is 5.32 Å². The van der Waals surface area contributed by atoms with Gasteiger partial charge in [0.2, 0.25) is 5.91 Å². The molecule has 0 saturated heterocycles. The van der Waals surface area contributed by atoms with Crippen molar-refractivity contribution in [1.29, 1.82) is 0 Å². The molecule has 0 fully saturated rings. The zero-order valence-electron chi connectivity index (χ0n) is 16.6. The predicted molar refractivity (Wildman–Crippen MR) is 105 cm³/mol. The molecule has 0 radical (unpaired) electrons. The number of amides is 1. The number of hydrogen-bond donors (Lipinski definition) is 3. The molecule has 1 amide bonds. The van der Waals surface area contributed by atoms with Gasteiger partial charge in [0, 0.05) is 18.7 Å². The lowest BCUT2D eigenvalue weighted by Gasteiger charge is -2.28. The maximum absolute atomic E-state index is 12.0. The number of aliphatic hydroxyl groups is 1. The number of carboxylic acids is 1. The maximum atomic E-state index is 12.0. The Hall–Kier alpha value is -2.74. The fourth-order valence-corrected chi connectivity index (χ4v) is 2.72. The first kappa shape index (κ1) is 21.6. The number of carbonyl (C=O) groups excluding carboxylic acids is 1. The average molecular weight is 388 g/mol.